The van der Waals surface area contributed by atoms with Gasteiger partial charge in [0.1, 0.15) is 5.69 Å². The highest BCUT2D eigenvalue weighted by molar-refractivity contribution is 6.31. The maximum atomic E-state index is 10.6. The number of rotatable bonds is 2. The quantitative estimate of drug-likeness (QED) is 0.662. The van der Waals surface area contributed by atoms with Crippen LogP contribution in [-0.2, 0) is 0 Å². The molecule has 0 atom stereocenters. The van der Waals surface area contributed by atoms with Crippen LogP contribution in [0.3, 0.4) is 0 Å². The van der Waals surface area contributed by atoms with Crippen molar-refractivity contribution < 1.29 is 4.79 Å². The average Bonchev–Trinajstić information content (AvgIpc) is 2.86. The minimum absolute atomic E-state index is 0.286. The third-order valence-corrected chi connectivity index (χ3v) is 2.80. The SMILES string of the molecule is O=Cc1cn(-c2ccnc3cc(Cl)ccc23)nn1. The normalized spacial score (nSPS) is 10.7. The molecule has 0 fully saturated rings. The largest absolute Gasteiger partial charge is 0.296 e. The van der Waals surface area contributed by atoms with Crippen molar-refractivity contribution in [2.75, 3.05) is 0 Å². The van der Waals surface area contributed by atoms with Gasteiger partial charge >= 0.3 is 0 Å². The summed E-state index contributed by atoms with van der Waals surface area (Å²) >= 11 is 5.92. The summed E-state index contributed by atoms with van der Waals surface area (Å²) in [6.07, 6.45) is 3.89. The van der Waals surface area contributed by atoms with Crippen molar-refractivity contribution in [2.24, 2.45) is 0 Å². The van der Waals surface area contributed by atoms with Gasteiger partial charge in [0.05, 0.1) is 17.4 Å². The summed E-state index contributed by atoms with van der Waals surface area (Å²) in [6.45, 7) is 0. The molecule has 88 valence electrons. The molecular formula is C12H7ClN4O. The van der Waals surface area contributed by atoms with Crippen molar-refractivity contribution in [2.45, 2.75) is 0 Å². The lowest BCUT2D eigenvalue weighted by atomic mass is 10.2. The summed E-state index contributed by atoms with van der Waals surface area (Å²) in [5.74, 6) is 0. The smallest absolute Gasteiger partial charge is 0.171 e. The average molecular weight is 259 g/mol. The molecule has 0 radical (unpaired) electrons. The number of carbonyl (C=O) groups excluding carboxylic acids is 1. The molecule has 0 amide bonds. The predicted octanol–water partition coefficient (Wildman–Crippen LogP) is 2.28. The van der Waals surface area contributed by atoms with Gasteiger partial charge in [0.2, 0.25) is 0 Å². The fourth-order valence-corrected chi connectivity index (χ4v) is 1.92. The Morgan fingerprint density at radius 2 is 2.17 bits per heavy atom. The number of nitrogens with zero attached hydrogens (tertiary/aromatic N) is 4. The molecule has 0 bridgehead atoms. The zero-order valence-electron chi connectivity index (χ0n) is 9.12. The number of hydrogen-bond donors (Lipinski definition) is 0. The second-order valence-electron chi connectivity index (χ2n) is 3.70. The first kappa shape index (κ1) is 10.9. The lowest BCUT2D eigenvalue weighted by Gasteiger charge is -2.04. The van der Waals surface area contributed by atoms with Gasteiger partial charge in [-0.25, -0.2) is 4.68 Å². The third-order valence-electron chi connectivity index (χ3n) is 2.56. The number of halogens is 1. The van der Waals surface area contributed by atoms with Crippen LogP contribution in [0.25, 0.3) is 16.6 Å². The van der Waals surface area contributed by atoms with Crippen molar-refractivity contribution in [3.8, 4) is 5.69 Å². The Balaban J connectivity index is 2.25. The number of hydrogen-bond acceptors (Lipinski definition) is 4. The Hall–Kier alpha value is -2.27. The molecule has 18 heavy (non-hydrogen) atoms. The Kier molecular flexibility index (Phi) is 2.53. The number of fused-ring (bicyclic) bond motifs is 1. The van der Waals surface area contributed by atoms with Gasteiger partial charge < -0.3 is 0 Å². The second-order valence-corrected chi connectivity index (χ2v) is 4.13. The van der Waals surface area contributed by atoms with E-state index in [9.17, 15) is 4.79 Å². The van der Waals surface area contributed by atoms with Crippen molar-refractivity contribution in [3.05, 3.63) is 47.4 Å². The molecule has 6 heteroatoms. The maximum Gasteiger partial charge on any atom is 0.171 e. The lowest BCUT2D eigenvalue weighted by molar-refractivity contribution is 0.111. The fourth-order valence-electron chi connectivity index (χ4n) is 1.75. The minimum atomic E-state index is 0.286. The predicted molar refractivity (Wildman–Crippen MR) is 67.1 cm³/mol. The standard InChI is InChI=1S/C12H7ClN4O/c13-8-1-2-10-11(5-8)14-4-3-12(10)17-6-9(7-18)15-16-17/h1-7H. The van der Waals surface area contributed by atoms with E-state index in [1.54, 1.807) is 35.3 Å². The molecule has 3 rings (SSSR count). The highest BCUT2D eigenvalue weighted by Gasteiger charge is 2.07. The van der Waals surface area contributed by atoms with Gasteiger partial charge in [0.25, 0.3) is 0 Å². The second kappa shape index (κ2) is 4.19. The molecule has 3 aromatic rings. The minimum Gasteiger partial charge on any atom is -0.296 e. The number of aromatic nitrogens is 4. The monoisotopic (exact) mass is 258 g/mol. The Bertz CT molecular complexity index is 738. The van der Waals surface area contributed by atoms with E-state index in [-0.39, 0.29) is 5.69 Å². The van der Waals surface area contributed by atoms with E-state index in [0.717, 1.165) is 16.6 Å². The first-order chi connectivity index (χ1) is 8.78. The molecule has 0 saturated carbocycles. The van der Waals surface area contributed by atoms with Crippen LogP contribution < -0.4 is 0 Å². The van der Waals surface area contributed by atoms with Crippen LogP contribution in [-0.4, -0.2) is 26.3 Å². The van der Waals surface area contributed by atoms with Crippen LogP contribution in [0, 0.1) is 0 Å². The molecule has 0 aliphatic rings. The molecule has 0 aliphatic carbocycles. The number of benzene rings is 1. The van der Waals surface area contributed by atoms with Crippen molar-refractivity contribution in [3.63, 3.8) is 0 Å². The van der Waals surface area contributed by atoms with Gasteiger partial charge in [0.15, 0.2) is 6.29 Å². The molecule has 0 spiro atoms. The van der Waals surface area contributed by atoms with Gasteiger partial charge in [-0.05, 0) is 24.3 Å². The molecule has 0 aliphatic heterocycles. The van der Waals surface area contributed by atoms with Crippen LogP contribution in [0.4, 0.5) is 0 Å². The number of aldehydes is 1. The summed E-state index contributed by atoms with van der Waals surface area (Å²) in [7, 11) is 0. The Morgan fingerprint density at radius 1 is 1.28 bits per heavy atom. The zero-order chi connectivity index (χ0) is 12.5. The van der Waals surface area contributed by atoms with E-state index in [2.05, 4.69) is 15.3 Å². The summed E-state index contributed by atoms with van der Waals surface area (Å²) in [5, 5.41) is 9.16. The molecule has 2 heterocycles. The summed E-state index contributed by atoms with van der Waals surface area (Å²) in [4.78, 5) is 14.9. The van der Waals surface area contributed by atoms with Crippen LogP contribution in [0.1, 0.15) is 10.5 Å². The first-order valence-electron chi connectivity index (χ1n) is 5.20. The van der Waals surface area contributed by atoms with Crippen molar-refractivity contribution >= 4 is 28.8 Å². The van der Waals surface area contributed by atoms with Crippen LogP contribution in [0.2, 0.25) is 5.02 Å². The van der Waals surface area contributed by atoms with Gasteiger partial charge in [0, 0.05) is 16.6 Å². The molecule has 2 aromatic heterocycles. The summed E-state index contributed by atoms with van der Waals surface area (Å²) in [5.41, 5.74) is 1.86. The Labute approximate surface area is 107 Å². The summed E-state index contributed by atoms with van der Waals surface area (Å²) < 4.78 is 1.54. The molecule has 0 unspecified atom stereocenters. The maximum absolute atomic E-state index is 10.6. The van der Waals surface area contributed by atoms with E-state index >= 15 is 0 Å². The fraction of sp³-hybridized carbons (Fsp3) is 0. The van der Waals surface area contributed by atoms with Crippen LogP contribution >= 0.6 is 11.6 Å². The van der Waals surface area contributed by atoms with Crippen LogP contribution in [0.15, 0.2) is 36.7 Å². The summed E-state index contributed by atoms with van der Waals surface area (Å²) in [6, 6.07) is 7.23. The molecule has 5 nitrogen and oxygen atoms in total. The molecule has 1 aromatic carbocycles. The highest BCUT2D eigenvalue weighted by Crippen LogP contribution is 2.22. The van der Waals surface area contributed by atoms with Crippen molar-refractivity contribution in [1.82, 2.24) is 20.0 Å². The van der Waals surface area contributed by atoms with Gasteiger partial charge in [-0.3, -0.25) is 9.78 Å². The van der Waals surface area contributed by atoms with E-state index in [1.807, 2.05) is 6.07 Å². The molecule has 0 saturated heterocycles. The first-order valence-corrected chi connectivity index (χ1v) is 5.58. The lowest BCUT2D eigenvalue weighted by Crippen LogP contribution is -1.97. The molecular weight excluding hydrogens is 252 g/mol. The van der Waals surface area contributed by atoms with Gasteiger partial charge in [-0.1, -0.05) is 16.8 Å². The zero-order valence-corrected chi connectivity index (χ0v) is 9.87. The van der Waals surface area contributed by atoms with E-state index in [1.165, 1.54) is 0 Å². The number of carbonyl (C=O) groups is 1. The van der Waals surface area contributed by atoms with Crippen molar-refractivity contribution in [1.29, 1.82) is 0 Å². The van der Waals surface area contributed by atoms with E-state index in [0.29, 0.717) is 11.3 Å². The van der Waals surface area contributed by atoms with E-state index < -0.39 is 0 Å². The van der Waals surface area contributed by atoms with Crippen LogP contribution in [0.5, 0.6) is 0 Å². The topological polar surface area (TPSA) is 60.7 Å². The van der Waals surface area contributed by atoms with Gasteiger partial charge in [-0.15, -0.1) is 5.10 Å². The number of pyridine rings is 1. The van der Waals surface area contributed by atoms with Gasteiger partial charge in [-0.2, -0.15) is 0 Å². The Morgan fingerprint density at radius 3 is 2.94 bits per heavy atom. The third kappa shape index (κ3) is 1.74. The highest BCUT2D eigenvalue weighted by atomic mass is 35.5. The van der Waals surface area contributed by atoms with E-state index in [4.69, 9.17) is 11.6 Å². The molecule has 0 N–H and O–H groups in total.